The third-order valence-electron chi connectivity index (χ3n) is 3.55. The zero-order valence-corrected chi connectivity index (χ0v) is 12.9. The fraction of sp³-hybridized carbons (Fsp3) is 0.500. The highest BCUT2D eigenvalue weighted by atomic mass is 35.5. The average Bonchev–Trinajstić information content (AvgIpc) is 2.38. The Morgan fingerprint density at radius 3 is 2.53 bits per heavy atom. The summed E-state index contributed by atoms with van der Waals surface area (Å²) in [5, 5.41) is 3.81. The summed E-state index contributed by atoms with van der Waals surface area (Å²) in [6, 6.07) is 6.13. The van der Waals surface area contributed by atoms with Crippen molar-refractivity contribution in [2.45, 2.75) is 25.8 Å². The molecule has 2 rings (SSSR count). The Morgan fingerprint density at radius 2 is 2.00 bits per heavy atom. The van der Waals surface area contributed by atoms with E-state index in [0.717, 1.165) is 31.5 Å². The number of likely N-dealkylation sites (tertiary alicyclic amines) is 1. The maximum absolute atomic E-state index is 12.3. The highest BCUT2D eigenvalue weighted by Crippen LogP contribution is 2.21. The second-order valence-corrected chi connectivity index (χ2v) is 5.25. The number of halogens is 2. The Morgan fingerprint density at radius 1 is 1.37 bits per heavy atom. The van der Waals surface area contributed by atoms with E-state index in [1.54, 1.807) is 0 Å². The summed E-state index contributed by atoms with van der Waals surface area (Å²) in [6.45, 7) is 3.57. The van der Waals surface area contributed by atoms with Crippen molar-refractivity contribution < 1.29 is 4.79 Å². The van der Waals surface area contributed by atoms with Crippen molar-refractivity contribution in [2.24, 2.45) is 0 Å². The van der Waals surface area contributed by atoms with Crippen LogP contribution in [0.5, 0.6) is 0 Å². The fourth-order valence-electron chi connectivity index (χ4n) is 2.34. The van der Waals surface area contributed by atoms with Gasteiger partial charge in [0.15, 0.2) is 0 Å². The molecule has 1 saturated heterocycles. The van der Waals surface area contributed by atoms with E-state index in [9.17, 15) is 4.79 Å². The molecule has 19 heavy (non-hydrogen) atoms. The summed E-state index contributed by atoms with van der Waals surface area (Å²) >= 11 is 6.14. The minimum Gasteiger partial charge on any atom is -0.338 e. The first-order valence-electron chi connectivity index (χ1n) is 6.34. The second-order valence-electron chi connectivity index (χ2n) is 4.84. The minimum atomic E-state index is 0. The summed E-state index contributed by atoms with van der Waals surface area (Å²) < 4.78 is 0. The molecule has 5 heteroatoms. The van der Waals surface area contributed by atoms with Crippen LogP contribution in [0.4, 0.5) is 0 Å². The Kier molecular flexibility index (Phi) is 6.11. The Hall–Kier alpha value is -0.770. The maximum atomic E-state index is 12.3. The zero-order valence-electron chi connectivity index (χ0n) is 11.3. The smallest absolute Gasteiger partial charge is 0.255 e. The molecule has 1 aromatic carbocycles. The molecule has 1 aliphatic rings. The molecule has 0 aromatic heterocycles. The van der Waals surface area contributed by atoms with E-state index >= 15 is 0 Å². The van der Waals surface area contributed by atoms with Gasteiger partial charge in [0.2, 0.25) is 0 Å². The molecule has 0 atom stereocenters. The summed E-state index contributed by atoms with van der Waals surface area (Å²) in [5.74, 6) is 0.0505. The third kappa shape index (κ3) is 3.85. The lowest BCUT2D eigenvalue weighted by Gasteiger charge is -2.32. The lowest BCUT2D eigenvalue weighted by atomic mass is 10.0. The van der Waals surface area contributed by atoms with Gasteiger partial charge in [0.1, 0.15) is 0 Å². The number of piperidine rings is 1. The fourth-order valence-corrected chi connectivity index (χ4v) is 2.65. The normalized spacial score (nSPS) is 16.1. The molecule has 3 nitrogen and oxygen atoms in total. The van der Waals surface area contributed by atoms with Crippen molar-refractivity contribution in [1.82, 2.24) is 10.2 Å². The quantitative estimate of drug-likeness (QED) is 0.911. The van der Waals surface area contributed by atoms with Crippen LogP contribution in [0.15, 0.2) is 18.2 Å². The van der Waals surface area contributed by atoms with Gasteiger partial charge in [-0.25, -0.2) is 0 Å². The van der Waals surface area contributed by atoms with Gasteiger partial charge < -0.3 is 10.2 Å². The number of rotatable bonds is 2. The zero-order chi connectivity index (χ0) is 13.1. The van der Waals surface area contributed by atoms with E-state index in [4.69, 9.17) is 11.6 Å². The van der Waals surface area contributed by atoms with Crippen LogP contribution in [0.1, 0.15) is 28.8 Å². The first-order valence-corrected chi connectivity index (χ1v) is 6.72. The van der Waals surface area contributed by atoms with Crippen molar-refractivity contribution in [1.29, 1.82) is 0 Å². The van der Waals surface area contributed by atoms with E-state index in [2.05, 4.69) is 5.32 Å². The highest BCUT2D eigenvalue weighted by molar-refractivity contribution is 6.33. The topological polar surface area (TPSA) is 32.3 Å². The van der Waals surface area contributed by atoms with E-state index in [1.807, 2.05) is 37.1 Å². The molecule has 1 heterocycles. The van der Waals surface area contributed by atoms with Gasteiger partial charge in [-0.15, -0.1) is 12.4 Å². The number of carbonyl (C=O) groups is 1. The lowest BCUT2D eigenvalue weighted by Crippen LogP contribution is -2.44. The van der Waals surface area contributed by atoms with Gasteiger partial charge in [-0.3, -0.25) is 4.79 Å². The van der Waals surface area contributed by atoms with Gasteiger partial charge >= 0.3 is 0 Å². The first-order chi connectivity index (χ1) is 8.61. The number of nitrogens with zero attached hydrogens (tertiary/aromatic N) is 1. The molecule has 0 saturated carbocycles. The Labute approximate surface area is 125 Å². The summed E-state index contributed by atoms with van der Waals surface area (Å²) in [6.07, 6.45) is 2.01. The molecule has 1 aliphatic heterocycles. The minimum absolute atomic E-state index is 0. The Balaban J connectivity index is 0.00000180. The molecular weight excluding hydrogens is 283 g/mol. The van der Waals surface area contributed by atoms with Crippen molar-refractivity contribution in [3.8, 4) is 0 Å². The number of benzene rings is 1. The molecule has 1 N–H and O–H groups in total. The maximum Gasteiger partial charge on any atom is 0.255 e. The van der Waals surface area contributed by atoms with E-state index < -0.39 is 0 Å². The molecular formula is C14H20Cl2N2O. The van der Waals surface area contributed by atoms with Crippen LogP contribution in [0.25, 0.3) is 0 Å². The van der Waals surface area contributed by atoms with Crippen molar-refractivity contribution in [2.75, 3.05) is 20.1 Å². The van der Waals surface area contributed by atoms with Gasteiger partial charge in [-0.1, -0.05) is 17.7 Å². The van der Waals surface area contributed by atoms with Gasteiger partial charge in [0, 0.05) is 19.1 Å². The number of carbonyl (C=O) groups excluding carboxylic acids is 1. The molecule has 0 bridgehead atoms. The summed E-state index contributed by atoms with van der Waals surface area (Å²) in [4.78, 5) is 14.2. The number of hydrogen-bond donors (Lipinski definition) is 1. The molecule has 1 fully saturated rings. The molecule has 0 aliphatic carbocycles. The van der Waals surface area contributed by atoms with Crippen molar-refractivity contribution >= 4 is 29.9 Å². The number of nitrogens with one attached hydrogen (secondary N) is 1. The predicted octanol–water partition coefficient (Wildman–Crippen LogP) is 2.89. The van der Waals surface area contributed by atoms with Crippen LogP contribution in [0.3, 0.4) is 0 Å². The molecule has 1 amide bonds. The second kappa shape index (κ2) is 7.13. The van der Waals surface area contributed by atoms with Crippen LogP contribution in [0, 0.1) is 6.92 Å². The first kappa shape index (κ1) is 16.3. The van der Waals surface area contributed by atoms with Crippen LogP contribution >= 0.6 is 24.0 Å². The molecule has 0 spiro atoms. The molecule has 106 valence electrons. The standard InChI is InChI=1S/C14H19ClN2O.ClH/c1-10-3-4-12(13(15)9-10)14(18)17-7-5-11(16-2)6-8-17;/h3-4,9,11,16H,5-8H2,1-2H3;1H. The summed E-state index contributed by atoms with van der Waals surface area (Å²) in [7, 11) is 1.97. The average molecular weight is 303 g/mol. The summed E-state index contributed by atoms with van der Waals surface area (Å²) in [5.41, 5.74) is 1.69. The van der Waals surface area contributed by atoms with Gasteiger partial charge in [0.05, 0.1) is 10.6 Å². The molecule has 0 radical (unpaired) electrons. The largest absolute Gasteiger partial charge is 0.338 e. The van der Waals surface area contributed by atoms with Crippen molar-refractivity contribution in [3.05, 3.63) is 34.3 Å². The van der Waals surface area contributed by atoms with Crippen LogP contribution in [-0.2, 0) is 0 Å². The number of amides is 1. The van der Waals surface area contributed by atoms with Gasteiger partial charge in [-0.2, -0.15) is 0 Å². The monoisotopic (exact) mass is 302 g/mol. The highest BCUT2D eigenvalue weighted by Gasteiger charge is 2.23. The molecule has 1 aromatic rings. The SMILES string of the molecule is CNC1CCN(C(=O)c2ccc(C)cc2Cl)CC1.Cl. The predicted molar refractivity (Wildman–Crippen MR) is 81.4 cm³/mol. The van der Waals surface area contributed by atoms with E-state index in [-0.39, 0.29) is 18.3 Å². The number of hydrogen-bond acceptors (Lipinski definition) is 2. The van der Waals surface area contributed by atoms with Gasteiger partial charge in [0.25, 0.3) is 5.91 Å². The lowest BCUT2D eigenvalue weighted by molar-refractivity contribution is 0.0707. The molecule has 0 unspecified atom stereocenters. The Bertz CT molecular complexity index is 443. The van der Waals surface area contributed by atoms with Crippen LogP contribution in [0.2, 0.25) is 5.02 Å². The van der Waals surface area contributed by atoms with Gasteiger partial charge in [-0.05, 0) is 44.5 Å². The van der Waals surface area contributed by atoms with E-state index in [0.29, 0.717) is 16.6 Å². The third-order valence-corrected chi connectivity index (χ3v) is 3.86. The van der Waals surface area contributed by atoms with Crippen LogP contribution < -0.4 is 5.32 Å². The van der Waals surface area contributed by atoms with Crippen molar-refractivity contribution in [3.63, 3.8) is 0 Å². The van der Waals surface area contributed by atoms with E-state index in [1.165, 1.54) is 0 Å². The number of aryl methyl sites for hydroxylation is 1. The van der Waals surface area contributed by atoms with Crippen LogP contribution in [-0.4, -0.2) is 37.0 Å².